The van der Waals surface area contributed by atoms with Crippen molar-refractivity contribution in [1.29, 1.82) is 0 Å². The van der Waals surface area contributed by atoms with E-state index in [-0.39, 0.29) is 12.1 Å². The molecule has 0 bridgehead atoms. The van der Waals surface area contributed by atoms with Gasteiger partial charge in [0.2, 0.25) is 0 Å². The molecule has 1 unspecified atom stereocenters. The zero-order valence-corrected chi connectivity index (χ0v) is 14.6. The van der Waals surface area contributed by atoms with Crippen LogP contribution in [-0.4, -0.2) is 27.8 Å². The second-order valence-electron chi connectivity index (χ2n) is 5.57. The minimum atomic E-state index is -0.171. The number of aromatic nitrogens is 2. The van der Waals surface area contributed by atoms with Crippen LogP contribution in [0, 0.1) is 0 Å². The highest BCUT2D eigenvalue weighted by Gasteiger charge is 2.20. The Labute approximate surface area is 138 Å². The molecule has 1 aliphatic rings. The van der Waals surface area contributed by atoms with Gasteiger partial charge in [-0.05, 0) is 44.6 Å². The number of carbonyl (C=O) groups is 1. The Kier molecular flexibility index (Phi) is 4.98. The van der Waals surface area contributed by atoms with Crippen LogP contribution in [0.5, 0.6) is 0 Å². The molecule has 1 aliphatic carbocycles. The number of ether oxygens (including phenoxy) is 1. The van der Waals surface area contributed by atoms with Gasteiger partial charge in [0.1, 0.15) is 16.2 Å². The van der Waals surface area contributed by atoms with Crippen LogP contribution in [0.2, 0.25) is 0 Å². The first-order chi connectivity index (χ1) is 10.7. The number of fused-ring (bicyclic) bond motifs is 3. The van der Waals surface area contributed by atoms with Gasteiger partial charge >= 0.3 is 5.97 Å². The lowest BCUT2D eigenvalue weighted by Gasteiger charge is -2.12. The smallest absolute Gasteiger partial charge is 0.316 e. The molecular formula is C16H20N2O2S2. The molecule has 2 aromatic rings. The fraction of sp³-hybridized carbons (Fsp3) is 0.562. The van der Waals surface area contributed by atoms with Gasteiger partial charge in [0, 0.05) is 10.3 Å². The molecule has 2 heterocycles. The number of esters is 1. The summed E-state index contributed by atoms with van der Waals surface area (Å²) in [6, 6.07) is 0. The fourth-order valence-electron chi connectivity index (χ4n) is 2.64. The minimum Gasteiger partial charge on any atom is -0.462 e. The van der Waals surface area contributed by atoms with Crippen LogP contribution in [0.1, 0.15) is 43.6 Å². The molecule has 0 N–H and O–H groups in total. The molecule has 0 aromatic carbocycles. The second-order valence-corrected chi connectivity index (χ2v) is 7.61. The Morgan fingerprint density at radius 3 is 3.05 bits per heavy atom. The summed E-state index contributed by atoms with van der Waals surface area (Å²) in [6.45, 7) is 3.93. The summed E-state index contributed by atoms with van der Waals surface area (Å²) in [5.74, 6) is 0.136. The maximum atomic E-state index is 11.9. The third-order valence-corrected chi connectivity index (χ3v) is 6.11. The first kappa shape index (κ1) is 15.7. The van der Waals surface area contributed by atoms with Crippen LogP contribution in [-0.2, 0) is 22.4 Å². The van der Waals surface area contributed by atoms with Crippen LogP contribution in [0.15, 0.2) is 11.4 Å². The summed E-state index contributed by atoms with van der Waals surface area (Å²) in [7, 11) is 0. The first-order valence-corrected chi connectivity index (χ1v) is 9.56. The lowest BCUT2D eigenvalue weighted by atomic mass is 9.97. The van der Waals surface area contributed by atoms with Gasteiger partial charge in [0.25, 0.3) is 0 Å². The maximum absolute atomic E-state index is 11.9. The van der Waals surface area contributed by atoms with Gasteiger partial charge in [-0.1, -0.05) is 18.7 Å². The van der Waals surface area contributed by atoms with Crippen LogP contribution in [0.25, 0.3) is 10.2 Å². The second kappa shape index (κ2) is 6.96. The third kappa shape index (κ3) is 3.27. The molecule has 22 heavy (non-hydrogen) atoms. The molecule has 0 radical (unpaired) electrons. The standard InChI is InChI=1S/C16H20N2O2S2/c1-3-10(2)20-13(19)8-21-15-14-11-6-4-5-7-12(11)22-16(14)18-9-17-15/h9-10H,3-8H2,1-2H3. The van der Waals surface area contributed by atoms with Crippen molar-refractivity contribution in [1.82, 2.24) is 9.97 Å². The normalized spacial score (nSPS) is 15.5. The predicted molar refractivity (Wildman–Crippen MR) is 90.6 cm³/mol. The van der Waals surface area contributed by atoms with E-state index in [1.54, 1.807) is 17.7 Å². The van der Waals surface area contributed by atoms with E-state index in [2.05, 4.69) is 9.97 Å². The van der Waals surface area contributed by atoms with Crippen LogP contribution < -0.4 is 0 Å². The molecule has 2 aromatic heterocycles. The molecule has 0 saturated heterocycles. The van der Waals surface area contributed by atoms with Gasteiger partial charge in [-0.15, -0.1) is 11.3 Å². The third-order valence-electron chi connectivity index (χ3n) is 3.95. The molecule has 3 rings (SSSR count). The molecule has 6 heteroatoms. The lowest BCUT2D eigenvalue weighted by Crippen LogP contribution is -2.15. The number of hydrogen-bond donors (Lipinski definition) is 0. The van der Waals surface area contributed by atoms with Gasteiger partial charge in [-0.25, -0.2) is 9.97 Å². The highest BCUT2D eigenvalue weighted by molar-refractivity contribution is 8.00. The van der Waals surface area contributed by atoms with Gasteiger partial charge < -0.3 is 4.74 Å². The number of rotatable bonds is 5. The largest absolute Gasteiger partial charge is 0.462 e. The van der Waals surface area contributed by atoms with E-state index in [0.717, 1.165) is 29.1 Å². The Balaban J connectivity index is 1.79. The molecule has 0 saturated carbocycles. The number of carbonyl (C=O) groups excluding carboxylic acids is 1. The summed E-state index contributed by atoms with van der Waals surface area (Å²) < 4.78 is 5.33. The fourth-order valence-corrected chi connectivity index (χ4v) is 4.74. The topological polar surface area (TPSA) is 52.1 Å². The molecule has 4 nitrogen and oxygen atoms in total. The number of thioether (sulfide) groups is 1. The maximum Gasteiger partial charge on any atom is 0.316 e. The van der Waals surface area contributed by atoms with Gasteiger partial charge in [-0.2, -0.15) is 0 Å². The summed E-state index contributed by atoms with van der Waals surface area (Å²) in [5.41, 5.74) is 1.41. The monoisotopic (exact) mass is 336 g/mol. The van der Waals surface area contributed by atoms with Crippen molar-refractivity contribution in [3.05, 3.63) is 16.8 Å². The number of nitrogens with zero attached hydrogens (tertiary/aromatic N) is 2. The summed E-state index contributed by atoms with van der Waals surface area (Å²) in [6.07, 6.45) is 7.17. The number of hydrogen-bond acceptors (Lipinski definition) is 6. The van der Waals surface area contributed by atoms with Crippen LogP contribution >= 0.6 is 23.1 Å². The van der Waals surface area contributed by atoms with E-state index in [4.69, 9.17) is 4.74 Å². The lowest BCUT2D eigenvalue weighted by molar-refractivity contribution is -0.144. The minimum absolute atomic E-state index is 0.0209. The van der Waals surface area contributed by atoms with Crippen molar-refractivity contribution in [2.45, 2.75) is 57.1 Å². The average Bonchev–Trinajstić information content (AvgIpc) is 2.91. The summed E-state index contributed by atoms with van der Waals surface area (Å²) >= 11 is 3.25. The molecule has 0 spiro atoms. The van der Waals surface area contributed by atoms with E-state index in [9.17, 15) is 4.79 Å². The summed E-state index contributed by atoms with van der Waals surface area (Å²) in [5, 5.41) is 2.09. The Morgan fingerprint density at radius 1 is 1.41 bits per heavy atom. The van der Waals surface area contributed by atoms with Crippen molar-refractivity contribution in [2.24, 2.45) is 0 Å². The zero-order valence-electron chi connectivity index (χ0n) is 12.9. The van der Waals surface area contributed by atoms with Crippen LogP contribution in [0.4, 0.5) is 0 Å². The number of aryl methyl sites for hydroxylation is 2. The first-order valence-electron chi connectivity index (χ1n) is 7.76. The van der Waals surface area contributed by atoms with Crippen molar-refractivity contribution in [3.63, 3.8) is 0 Å². The van der Waals surface area contributed by atoms with E-state index in [1.807, 2.05) is 13.8 Å². The average molecular weight is 336 g/mol. The zero-order chi connectivity index (χ0) is 15.5. The van der Waals surface area contributed by atoms with Crippen molar-refractivity contribution >= 4 is 39.3 Å². The van der Waals surface area contributed by atoms with Crippen molar-refractivity contribution < 1.29 is 9.53 Å². The van der Waals surface area contributed by atoms with Gasteiger partial charge in [-0.3, -0.25) is 4.79 Å². The van der Waals surface area contributed by atoms with Gasteiger partial charge in [0.15, 0.2) is 0 Å². The summed E-state index contributed by atoms with van der Waals surface area (Å²) in [4.78, 5) is 23.2. The molecular weight excluding hydrogens is 316 g/mol. The van der Waals surface area contributed by atoms with Gasteiger partial charge in [0.05, 0.1) is 11.9 Å². The highest BCUT2D eigenvalue weighted by atomic mass is 32.2. The predicted octanol–water partition coefficient (Wildman–Crippen LogP) is 4.00. The highest BCUT2D eigenvalue weighted by Crippen LogP contribution is 2.39. The van der Waals surface area contributed by atoms with Crippen molar-refractivity contribution in [2.75, 3.05) is 5.75 Å². The molecule has 0 aliphatic heterocycles. The molecule has 0 amide bonds. The van der Waals surface area contributed by atoms with Crippen molar-refractivity contribution in [3.8, 4) is 0 Å². The quantitative estimate of drug-likeness (QED) is 0.469. The SMILES string of the molecule is CCC(C)OC(=O)CSc1ncnc2sc3c(c12)CCCC3. The van der Waals surface area contributed by atoms with E-state index in [0.29, 0.717) is 5.75 Å². The Bertz CT molecular complexity index is 684. The number of thiophene rings is 1. The van der Waals surface area contributed by atoms with E-state index >= 15 is 0 Å². The molecule has 118 valence electrons. The van der Waals surface area contributed by atoms with E-state index < -0.39 is 0 Å². The Morgan fingerprint density at radius 2 is 2.23 bits per heavy atom. The molecule has 0 fully saturated rings. The molecule has 1 atom stereocenters. The Hall–Kier alpha value is -1.14. The van der Waals surface area contributed by atoms with E-state index in [1.165, 1.54) is 40.4 Å². The van der Waals surface area contributed by atoms with Crippen LogP contribution in [0.3, 0.4) is 0 Å².